The first-order valence-corrected chi connectivity index (χ1v) is 7.28. The standard InChI is InChI=1S/C12H11N3O4S/c16-12-15-10-4-3-9(6-11(10)19-12)20(17,18)14-7-8-2-1-5-13-8/h1-6,13-14H,7H2,(H,15,16). The van der Waals surface area contributed by atoms with Crippen molar-refractivity contribution in [2.24, 2.45) is 0 Å². The summed E-state index contributed by atoms with van der Waals surface area (Å²) in [4.78, 5) is 16.4. The topological polar surface area (TPSA) is 108 Å². The van der Waals surface area contributed by atoms with Gasteiger partial charge < -0.3 is 9.40 Å². The van der Waals surface area contributed by atoms with E-state index >= 15 is 0 Å². The smallest absolute Gasteiger partial charge is 0.408 e. The maximum atomic E-state index is 12.1. The summed E-state index contributed by atoms with van der Waals surface area (Å²) in [5.41, 5.74) is 1.42. The second kappa shape index (κ2) is 4.66. The van der Waals surface area contributed by atoms with Crippen LogP contribution in [0, 0.1) is 0 Å². The molecule has 0 saturated heterocycles. The number of nitrogens with one attached hydrogen (secondary N) is 3. The zero-order valence-electron chi connectivity index (χ0n) is 10.2. The molecular formula is C12H11N3O4S. The van der Waals surface area contributed by atoms with Crippen molar-refractivity contribution in [2.45, 2.75) is 11.4 Å². The number of benzene rings is 1. The largest absolute Gasteiger partial charge is 0.417 e. The minimum absolute atomic E-state index is 0.0410. The van der Waals surface area contributed by atoms with Gasteiger partial charge in [-0.15, -0.1) is 0 Å². The van der Waals surface area contributed by atoms with Gasteiger partial charge in [-0.3, -0.25) is 4.98 Å². The number of oxazole rings is 1. The molecule has 0 aliphatic carbocycles. The lowest BCUT2D eigenvalue weighted by atomic mass is 10.3. The number of hydrogen-bond donors (Lipinski definition) is 3. The Morgan fingerprint density at radius 2 is 2.10 bits per heavy atom. The molecule has 2 heterocycles. The Labute approximate surface area is 113 Å². The van der Waals surface area contributed by atoms with Gasteiger partial charge in [0.2, 0.25) is 10.0 Å². The molecule has 0 saturated carbocycles. The van der Waals surface area contributed by atoms with Crippen LogP contribution in [0.15, 0.2) is 50.6 Å². The first kappa shape index (κ1) is 12.7. The molecule has 20 heavy (non-hydrogen) atoms. The molecule has 0 aliphatic rings. The average Bonchev–Trinajstić information content (AvgIpc) is 3.03. The number of fused-ring (bicyclic) bond motifs is 1. The van der Waals surface area contributed by atoms with E-state index in [1.165, 1.54) is 18.2 Å². The number of H-pyrrole nitrogens is 2. The fourth-order valence-corrected chi connectivity index (χ4v) is 2.85. The SMILES string of the molecule is O=c1[nH]c2ccc(S(=O)(=O)NCc3ccc[nH]3)cc2o1. The Balaban J connectivity index is 1.90. The lowest BCUT2D eigenvalue weighted by molar-refractivity contribution is 0.553. The van der Waals surface area contributed by atoms with Crippen LogP contribution in [0.3, 0.4) is 0 Å². The van der Waals surface area contributed by atoms with Crippen molar-refractivity contribution in [3.63, 3.8) is 0 Å². The summed E-state index contributed by atoms with van der Waals surface area (Å²) in [7, 11) is -3.66. The van der Waals surface area contributed by atoms with Crippen LogP contribution >= 0.6 is 0 Å². The zero-order valence-corrected chi connectivity index (χ0v) is 11.0. The van der Waals surface area contributed by atoms with Gasteiger partial charge >= 0.3 is 5.76 Å². The Kier molecular flexibility index (Phi) is 2.96. The number of sulfonamides is 1. The summed E-state index contributed by atoms with van der Waals surface area (Å²) in [6.45, 7) is 0.157. The van der Waals surface area contributed by atoms with E-state index in [0.717, 1.165) is 5.69 Å². The molecule has 3 rings (SSSR count). The van der Waals surface area contributed by atoms with Crippen molar-refractivity contribution in [2.75, 3.05) is 0 Å². The van der Waals surface area contributed by atoms with Gasteiger partial charge in [-0.05, 0) is 24.3 Å². The van der Waals surface area contributed by atoms with E-state index < -0.39 is 15.8 Å². The van der Waals surface area contributed by atoms with Crippen LogP contribution in [0.1, 0.15) is 5.69 Å². The Bertz CT molecular complexity index is 890. The van der Waals surface area contributed by atoms with Crippen LogP contribution in [-0.4, -0.2) is 18.4 Å². The maximum absolute atomic E-state index is 12.1. The van der Waals surface area contributed by atoms with Gasteiger partial charge in [0.25, 0.3) is 0 Å². The fraction of sp³-hybridized carbons (Fsp3) is 0.0833. The first-order chi connectivity index (χ1) is 9.54. The highest BCUT2D eigenvalue weighted by atomic mass is 32.2. The fourth-order valence-electron chi connectivity index (χ4n) is 1.83. The molecule has 0 aliphatic heterocycles. The number of hydrogen-bond acceptors (Lipinski definition) is 4. The molecule has 0 bridgehead atoms. The minimum atomic E-state index is -3.66. The van der Waals surface area contributed by atoms with Crippen molar-refractivity contribution in [3.05, 3.63) is 52.8 Å². The van der Waals surface area contributed by atoms with Crippen LogP contribution < -0.4 is 10.5 Å². The van der Waals surface area contributed by atoms with E-state index in [9.17, 15) is 13.2 Å². The van der Waals surface area contributed by atoms with Crippen molar-refractivity contribution >= 4 is 21.1 Å². The molecule has 0 fully saturated rings. The van der Waals surface area contributed by atoms with E-state index in [1.807, 2.05) is 0 Å². The molecule has 0 amide bonds. The predicted octanol–water partition coefficient (Wildman–Crippen LogP) is 0.928. The summed E-state index contributed by atoms with van der Waals surface area (Å²) < 4.78 is 31.6. The molecule has 0 radical (unpaired) electrons. The number of aromatic nitrogens is 2. The second-order valence-corrected chi connectivity index (χ2v) is 5.96. The third-order valence-corrected chi connectivity index (χ3v) is 4.22. The van der Waals surface area contributed by atoms with Crippen LogP contribution in [0.5, 0.6) is 0 Å². The van der Waals surface area contributed by atoms with E-state index in [-0.39, 0.29) is 17.0 Å². The van der Waals surface area contributed by atoms with Crippen molar-refractivity contribution in [3.8, 4) is 0 Å². The van der Waals surface area contributed by atoms with E-state index in [1.54, 1.807) is 18.3 Å². The molecular weight excluding hydrogens is 282 g/mol. The molecule has 104 valence electrons. The Morgan fingerprint density at radius 3 is 2.85 bits per heavy atom. The zero-order chi connectivity index (χ0) is 14.2. The molecule has 0 spiro atoms. The minimum Gasteiger partial charge on any atom is -0.408 e. The van der Waals surface area contributed by atoms with Crippen LogP contribution in [0.4, 0.5) is 0 Å². The normalized spacial score (nSPS) is 12.0. The van der Waals surface area contributed by atoms with Gasteiger partial charge in [-0.2, -0.15) is 0 Å². The second-order valence-electron chi connectivity index (χ2n) is 4.19. The van der Waals surface area contributed by atoms with Crippen LogP contribution in [0.25, 0.3) is 11.1 Å². The van der Waals surface area contributed by atoms with Crippen LogP contribution in [-0.2, 0) is 16.6 Å². The van der Waals surface area contributed by atoms with Crippen molar-refractivity contribution in [1.82, 2.24) is 14.7 Å². The monoisotopic (exact) mass is 293 g/mol. The summed E-state index contributed by atoms with van der Waals surface area (Å²) >= 11 is 0. The molecule has 1 aromatic carbocycles. The van der Waals surface area contributed by atoms with Gasteiger partial charge in [0.1, 0.15) is 0 Å². The molecule has 8 heteroatoms. The quantitative estimate of drug-likeness (QED) is 0.665. The predicted molar refractivity (Wildman–Crippen MR) is 71.7 cm³/mol. The summed E-state index contributed by atoms with van der Waals surface area (Å²) in [6, 6.07) is 7.76. The molecule has 3 aromatic rings. The van der Waals surface area contributed by atoms with Gasteiger partial charge in [0, 0.05) is 18.0 Å². The summed E-state index contributed by atoms with van der Waals surface area (Å²) in [5.74, 6) is -0.617. The lowest BCUT2D eigenvalue weighted by Crippen LogP contribution is -2.23. The highest BCUT2D eigenvalue weighted by Crippen LogP contribution is 2.16. The lowest BCUT2D eigenvalue weighted by Gasteiger charge is -2.05. The number of aromatic amines is 2. The molecule has 2 aromatic heterocycles. The summed E-state index contributed by atoms with van der Waals surface area (Å²) in [6.07, 6.45) is 1.71. The van der Waals surface area contributed by atoms with E-state index in [4.69, 9.17) is 4.42 Å². The number of rotatable bonds is 4. The molecule has 0 unspecified atom stereocenters. The highest BCUT2D eigenvalue weighted by Gasteiger charge is 2.15. The Hall–Kier alpha value is -2.32. The van der Waals surface area contributed by atoms with Crippen LogP contribution in [0.2, 0.25) is 0 Å². The molecule has 0 atom stereocenters. The third-order valence-electron chi connectivity index (χ3n) is 2.82. The van der Waals surface area contributed by atoms with Gasteiger partial charge in [0.05, 0.1) is 17.0 Å². The Morgan fingerprint density at radius 1 is 1.25 bits per heavy atom. The first-order valence-electron chi connectivity index (χ1n) is 5.79. The molecule has 7 nitrogen and oxygen atoms in total. The molecule has 3 N–H and O–H groups in total. The highest BCUT2D eigenvalue weighted by molar-refractivity contribution is 7.89. The average molecular weight is 293 g/mol. The maximum Gasteiger partial charge on any atom is 0.417 e. The third kappa shape index (κ3) is 2.38. The summed E-state index contributed by atoms with van der Waals surface area (Å²) in [5, 5.41) is 0. The van der Waals surface area contributed by atoms with Gasteiger partial charge in [0.15, 0.2) is 5.58 Å². The van der Waals surface area contributed by atoms with E-state index in [0.29, 0.717) is 5.52 Å². The van der Waals surface area contributed by atoms with Crippen molar-refractivity contribution in [1.29, 1.82) is 0 Å². The van der Waals surface area contributed by atoms with Gasteiger partial charge in [-0.1, -0.05) is 0 Å². The van der Waals surface area contributed by atoms with Gasteiger partial charge in [-0.25, -0.2) is 17.9 Å². The van der Waals surface area contributed by atoms with Crippen molar-refractivity contribution < 1.29 is 12.8 Å². The van der Waals surface area contributed by atoms with E-state index in [2.05, 4.69) is 14.7 Å².